The fourth-order valence-corrected chi connectivity index (χ4v) is 7.85. The predicted octanol–water partition coefficient (Wildman–Crippen LogP) is 9.31. The Morgan fingerprint density at radius 1 is 1.13 bits per heavy atom. The number of rotatable bonds is 14. The van der Waals surface area contributed by atoms with E-state index in [-0.39, 0.29) is 46.1 Å². The minimum absolute atomic E-state index is 0.0202. The normalized spacial score (nSPS) is 17.4. The Kier molecular flexibility index (Phi) is 13.0. The number of halogens is 1. The highest BCUT2D eigenvalue weighted by atomic mass is 19.1. The number of unbranched alkanes of at least 4 members (excludes halogenated alkanes) is 2. The van der Waals surface area contributed by atoms with Crippen molar-refractivity contribution >= 4 is 35.2 Å². The number of nitrogens with zero attached hydrogens (tertiary/aromatic N) is 2. The highest BCUT2D eigenvalue weighted by Crippen LogP contribution is 2.47. The first-order valence-corrected chi connectivity index (χ1v) is 19.2. The van der Waals surface area contributed by atoms with Gasteiger partial charge >= 0.3 is 6.09 Å². The molecule has 2 amide bonds. The number of nitrogens with one attached hydrogen (secondary N) is 2. The first-order valence-electron chi connectivity index (χ1n) is 19.2. The summed E-state index contributed by atoms with van der Waals surface area (Å²) in [6, 6.07) is 7.63. The number of anilines is 1. The number of aromatic nitrogens is 1. The second kappa shape index (κ2) is 17.5. The van der Waals surface area contributed by atoms with Crippen LogP contribution in [0.25, 0.3) is 11.6 Å². The van der Waals surface area contributed by atoms with E-state index in [9.17, 15) is 23.9 Å². The van der Waals surface area contributed by atoms with E-state index in [1.807, 2.05) is 13.0 Å². The van der Waals surface area contributed by atoms with E-state index in [1.165, 1.54) is 34.4 Å². The number of benzene rings is 2. The van der Waals surface area contributed by atoms with Gasteiger partial charge in [-0.05, 0) is 120 Å². The topological polar surface area (TPSA) is 113 Å². The lowest BCUT2D eigenvalue weighted by Gasteiger charge is -2.32. The molecule has 0 spiro atoms. The summed E-state index contributed by atoms with van der Waals surface area (Å²) >= 11 is 0. The maximum Gasteiger partial charge on any atom is 0.424 e. The van der Waals surface area contributed by atoms with Gasteiger partial charge in [-0.1, -0.05) is 57.4 Å². The van der Waals surface area contributed by atoms with Crippen LogP contribution in [0.1, 0.15) is 117 Å². The molecule has 2 atom stereocenters. The number of ether oxygens (including phenoxy) is 1. The molecule has 288 valence electrons. The van der Waals surface area contributed by atoms with Crippen molar-refractivity contribution in [1.29, 1.82) is 0 Å². The lowest BCUT2D eigenvalue weighted by atomic mass is 9.73. The molecule has 0 saturated heterocycles. The maximum atomic E-state index is 14.7. The van der Waals surface area contributed by atoms with Crippen molar-refractivity contribution in [3.63, 3.8) is 0 Å². The molecule has 1 aliphatic carbocycles. The SMILES string of the molecule is C=C(C)C1CCC(C)=CC1c1c(O)cc(CCCCC)cc1OC(=O)n1c(C)c(C(=O)NCCN(CC)CC)c(C)c1/C=C1\C(=O)Nc2ccc(F)cc21. The summed E-state index contributed by atoms with van der Waals surface area (Å²) in [6.45, 7) is 20.7. The lowest BCUT2D eigenvalue weighted by molar-refractivity contribution is -0.110. The fourth-order valence-electron chi connectivity index (χ4n) is 7.85. The van der Waals surface area contributed by atoms with Crippen molar-refractivity contribution < 1.29 is 28.6 Å². The minimum Gasteiger partial charge on any atom is -0.507 e. The van der Waals surface area contributed by atoms with Gasteiger partial charge in [-0.25, -0.2) is 13.8 Å². The number of fused-ring (bicyclic) bond motifs is 1. The summed E-state index contributed by atoms with van der Waals surface area (Å²) in [4.78, 5) is 44.0. The maximum absolute atomic E-state index is 14.7. The largest absolute Gasteiger partial charge is 0.507 e. The van der Waals surface area contributed by atoms with Gasteiger partial charge in [-0.2, -0.15) is 0 Å². The lowest BCUT2D eigenvalue weighted by Crippen LogP contribution is -2.35. The highest BCUT2D eigenvalue weighted by Gasteiger charge is 2.34. The Bertz CT molecular complexity index is 2000. The van der Waals surface area contributed by atoms with E-state index in [0.29, 0.717) is 47.6 Å². The zero-order chi connectivity index (χ0) is 39.3. The summed E-state index contributed by atoms with van der Waals surface area (Å²) in [5.41, 5.74) is 5.75. The molecule has 1 aliphatic heterocycles. The van der Waals surface area contributed by atoms with Crippen molar-refractivity contribution in [3.05, 3.63) is 99.2 Å². The van der Waals surface area contributed by atoms with Crippen molar-refractivity contribution in [2.24, 2.45) is 5.92 Å². The van der Waals surface area contributed by atoms with Crippen LogP contribution in [0, 0.1) is 25.6 Å². The molecule has 1 aromatic heterocycles. The van der Waals surface area contributed by atoms with Crippen LogP contribution < -0.4 is 15.4 Å². The van der Waals surface area contributed by atoms with Gasteiger partial charge in [0.05, 0.1) is 16.8 Å². The molecule has 5 rings (SSSR count). The van der Waals surface area contributed by atoms with Gasteiger partial charge in [0.15, 0.2) is 0 Å². The Morgan fingerprint density at radius 2 is 1.87 bits per heavy atom. The van der Waals surface area contributed by atoms with Crippen LogP contribution in [0.2, 0.25) is 0 Å². The number of phenolic OH excluding ortho intramolecular Hbond substituents is 1. The average molecular weight is 739 g/mol. The van der Waals surface area contributed by atoms with E-state index < -0.39 is 17.8 Å². The predicted molar refractivity (Wildman–Crippen MR) is 214 cm³/mol. The molecule has 3 N–H and O–H groups in total. The van der Waals surface area contributed by atoms with E-state index >= 15 is 0 Å². The van der Waals surface area contributed by atoms with Crippen LogP contribution in [0.5, 0.6) is 11.5 Å². The molecule has 54 heavy (non-hydrogen) atoms. The molecule has 0 bridgehead atoms. The second-order valence-electron chi connectivity index (χ2n) is 14.7. The van der Waals surface area contributed by atoms with E-state index in [1.54, 1.807) is 19.9 Å². The minimum atomic E-state index is -0.808. The number of hydrogen-bond acceptors (Lipinski definition) is 6. The summed E-state index contributed by atoms with van der Waals surface area (Å²) in [7, 11) is 0. The molecule has 2 unspecified atom stereocenters. The van der Waals surface area contributed by atoms with Gasteiger partial charge in [0.2, 0.25) is 0 Å². The third-order valence-corrected chi connectivity index (χ3v) is 10.9. The quantitative estimate of drug-likeness (QED) is 0.0864. The zero-order valence-electron chi connectivity index (χ0n) is 32.8. The molecule has 3 aromatic rings. The van der Waals surface area contributed by atoms with Crippen LogP contribution in [0.15, 0.2) is 54.1 Å². The standard InChI is InChI=1S/C44H55FN4O5/c1-9-12-13-14-30-22-38(50)41(34-21-27(6)15-17-32(34)26(4)5)39(23-30)54-44(53)49-29(8)40(43(52)46-19-20-48(10-2)11-3)28(7)37(49)25-35-33-24-31(45)16-18-36(33)47-42(35)51/h16,18,21-25,32,34,50H,4,9-15,17,19-20H2,1-3,5-8H3,(H,46,52)(H,47,51)/b35-25-. The summed E-state index contributed by atoms with van der Waals surface area (Å²) in [6.07, 6.45) is 8.23. The van der Waals surface area contributed by atoms with Crippen LogP contribution in [0.4, 0.5) is 14.9 Å². The molecular weight excluding hydrogens is 684 g/mol. The Hall–Kier alpha value is -4.96. The van der Waals surface area contributed by atoms with Crippen LogP contribution >= 0.6 is 0 Å². The number of phenols is 1. The number of hydrogen-bond donors (Lipinski definition) is 3. The van der Waals surface area contributed by atoms with Crippen molar-refractivity contribution in [2.45, 2.75) is 92.9 Å². The average Bonchev–Trinajstić information content (AvgIpc) is 3.56. The number of allylic oxidation sites excluding steroid dienone is 3. The first-order chi connectivity index (χ1) is 25.8. The van der Waals surface area contributed by atoms with Crippen LogP contribution in [-0.2, 0) is 11.2 Å². The molecule has 10 heteroatoms. The Morgan fingerprint density at radius 3 is 2.56 bits per heavy atom. The van der Waals surface area contributed by atoms with Crippen molar-refractivity contribution in [3.8, 4) is 11.5 Å². The van der Waals surface area contributed by atoms with E-state index in [4.69, 9.17) is 4.74 Å². The number of amides is 2. The summed E-state index contributed by atoms with van der Waals surface area (Å²) < 4.78 is 22.1. The number of aryl methyl sites for hydroxylation is 1. The molecule has 2 heterocycles. The van der Waals surface area contributed by atoms with Gasteiger partial charge in [0.1, 0.15) is 17.3 Å². The number of carbonyl (C=O) groups is 3. The third-order valence-electron chi connectivity index (χ3n) is 10.9. The van der Waals surface area contributed by atoms with Crippen molar-refractivity contribution in [1.82, 2.24) is 14.8 Å². The number of carbonyl (C=O) groups excluding carboxylic acids is 3. The van der Waals surface area contributed by atoms with Gasteiger partial charge < -0.3 is 25.4 Å². The van der Waals surface area contributed by atoms with Crippen LogP contribution in [0.3, 0.4) is 0 Å². The first kappa shape index (κ1) is 40.2. The molecule has 0 radical (unpaired) electrons. The fraction of sp³-hybridized carbons (Fsp3) is 0.432. The molecule has 0 fully saturated rings. The van der Waals surface area contributed by atoms with E-state index in [0.717, 1.165) is 56.3 Å². The van der Waals surface area contributed by atoms with Crippen LogP contribution in [-0.4, -0.2) is 58.7 Å². The smallest absolute Gasteiger partial charge is 0.424 e. The molecule has 2 aliphatic rings. The highest BCUT2D eigenvalue weighted by molar-refractivity contribution is 6.35. The molecule has 2 aromatic carbocycles. The van der Waals surface area contributed by atoms with Gasteiger partial charge in [0, 0.05) is 41.5 Å². The number of likely N-dealkylation sites (N-methyl/N-ethyl adjacent to an activating group) is 1. The monoisotopic (exact) mass is 738 g/mol. The Balaban J connectivity index is 1.65. The van der Waals surface area contributed by atoms with E-state index in [2.05, 4.69) is 55.9 Å². The Labute approximate surface area is 319 Å². The molecule has 0 saturated carbocycles. The number of aromatic hydroxyl groups is 1. The summed E-state index contributed by atoms with van der Waals surface area (Å²) in [5.74, 6) is -1.32. The molecular formula is C44H55FN4O5. The third kappa shape index (κ3) is 8.54. The second-order valence-corrected chi connectivity index (χ2v) is 14.7. The van der Waals surface area contributed by atoms with Crippen molar-refractivity contribution in [2.75, 3.05) is 31.5 Å². The molecule has 9 nitrogen and oxygen atoms in total. The zero-order valence-corrected chi connectivity index (χ0v) is 32.8. The van der Waals surface area contributed by atoms with Gasteiger partial charge in [-0.15, -0.1) is 0 Å². The summed E-state index contributed by atoms with van der Waals surface area (Å²) in [5, 5.41) is 17.4. The van der Waals surface area contributed by atoms with Gasteiger partial charge in [0.25, 0.3) is 11.8 Å². The van der Waals surface area contributed by atoms with Gasteiger partial charge in [-0.3, -0.25) is 9.59 Å².